The van der Waals surface area contributed by atoms with E-state index in [1.807, 2.05) is 6.08 Å². The lowest BCUT2D eigenvalue weighted by Crippen LogP contribution is -2.58. The van der Waals surface area contributed by atoms with Gasteiger partial charge in [-0.3, -0.25) is 4.79 Å². The van der Waals surface area contributed by atoms with Gasteiger partial charge in [0.2, 0.25) is 0 Å². The number of aliphatic hydroxyl groups is 2. The van der Waals surface area contributed by atoms with Crippen molar-refractivity contribution in [3.63, 3.8) is 0 Å². The molecule has 3 heteroatoms. The van der Waals surface area contributed by atoms with Gasteiger partial charge in [0, 0.05) is 11.8 Å². The van der Waals surface area contributed by atoms with Gasteiger partial charge >= 0.3 is 0 Å². The summed E-state index contributed by atoms with van der Waals surface area (Å²) in [5.74, 6) is 2.09. The van der Waals surface area contributed by atoms with Gasteiger partial charge in [-0.15, -0.1) is 0 Å². The molecule has 0 saturated heterocycles. The van der Waals surface area contributed by atoms with Crippen molar-refractivity contribution < 1.29 is 15.0 Å². The van der Waals surface area contributed by atoms with Crippen LogP contribution in [0.3, 0.4) is 0 Å². The zero-order chi connectivity index (χ0) is 17.3. The Morgan fingerprint density at radius 3 is 2.50 bits per heavy atom. The lowest BCUT2D eigenvalue weighted by Gasteiger charge is -2.59. The summed E-state index contributed by atoms with van der Waals surface area (Å²) >= 11 is 0. The molecule has 4 aliphatic carbocycles. The number of carbonyl (C=O) groups excluding carboxylic acids is 1. The molecule has 0 bridgehead atoms. The molecule has 134 valence electrons. The zero-order valence-corrected chi connectivity index (χ0v) is 15.3. The van der Waals surface area contributed by atoms with Crippen LogP contribution in [0, 0.1) is 28.6 Å². The zero-order valence-electron chi connectivity index (χ0n) is 15.3. The van der Waals surface area contributed by atoms with E-state index < -0.39 is 11.7 Å². The van der Waals surface area contributed by atoms with Crippen molar-refractivity contribution in [2.75, 3.05) is 0 Å². The molecule has 0 spiro atoms. The maximum atomic E-state index is 11.9. The van der Waals surface area contributed by atoms with Crippen molar-refractivity contribution in [1.29, 1.82) is 0 Å². The van der Waals surface area contributed by atoms with Gasteiger partial charge in [0.15, 0.2) is 5.78 Å². The van der Waals surface area contributed by atoms with Gasteiger partial charge in [-0.25, -0.2) is 0 Å². The Hall–Kier alpha value is -0.670. The molecule has 4 rings (SSSR count). The normalized spacial score (nSPS) is 52.1. The van der Waals surface area contributed by atoms with Crippen LogP contribution in [0.2, 0.25) is 0 Å². The Kier molecular flexibility index (Phi) is 3.61. The average Bonchev–Trinajstić information content (AvgIpc) is 2.81. The third-order valence-electron chi connectivity index (χ3n) is 8.87. The Labute approximate surface area is 145 Å². The highest BCUT2D eigenvalue weighted by molar-refractivity contribution is 5.91. The molecule has 4 aliphatic rings. The molecule has 3 nitrogen and oxygen atoms in total. The maximum Gasteiger partial charge on any atom is 0.155 e. The van der Waals surface area contributed by atoms with Crippen LogP contribution in [0.4, 0.5) is 0 Å². The molecule has 0 amide bonds. The third kappa shape index (κ3) is 1.94. The molecule has 7 atom stereocenters. The van der Waals surface area contributed by atoms with Crippen LogP contribution in [0.25, 0.3) is 0 Å². The lowest BCUT2D eigenvalue weighted by atomic mass is 9.46. The predicted molar refractivity (Wildman–Crippen MR) is 93.3 cm³/mol. The van der Waals surface area contributed by atoms with Crippen molar-refractivity contribution >= 4 is 5.78 Å². The highest BCUT2D eigenvalue weighted by Crippen LogP contribution is 2.67. The van der Waals surface area contributed by atoms with E-state index in [-0.39, 0.29) is 10.8 Å². The van der Waals surface area contributed by atoms with Crippen molar-refractivity contribution in [2.45, 2.75) is 83.8 Å². The van der Waals surface area contributed by atoms with Crippen LogP contribution in [-0.2, 0) is 4.79 Å². The molecule has 0 aromatic heterocycles. The van der Waals surface area contributed by atoms with E-state index in [1.165, 1.54) is 5.57 Å². The first-order valence-corrected chi connectivity index (χ1v) is 9.87. The van der Waals surface area contributed by atoms with Crippen LogP contribution in [0.5, 0.6) is 0 Å². The van der Waals surface area contributed by atoms with E-state index in [0.29, 0.717) is 30.0 Å². The van der Waals surface area contributed by atoms with Crippen LogP contribution >= 0.6 is 0 Å². The second-order valence-electron chi connectivity index (χ2n) is 9.56. The monoisotopic (exact) mass is 332 g/mol. The SMILES string of the molecule is C[C@@H](O)[C@@]1(O)CC[C@H]2[C@@H]3CCC4=CC(=O)CC[C@]4(C)[C@H]3CC[C@]21C. The Morgan fingerprint density at radius 2 is 1.79 bits per heavy atom. The van der Waals surface area contributed by atoms with E-state index >= 15 is 0 Å². The molecule has 0 aromatic carbocycles. The molecule has 3 fully saturated rings. The third-order valence-corrected chi connectivity index (χ3v) is 8.87. The Bertz CT molecular complexity index is 594. The lowest BCUT2D eigenvalue weighted by molar-refractivity contribution is -0.171. The van der Waals surface area contributed by atoms with Gasteiger partial charge in [-0.1, -0.05) is 19.4 Å². The van der Waals surface area contributed by atoms with Crippen LogP contribution in [-0.4, -0.2) is 27.7 Å². The molecule has 0 aromatic rings. The summed E-state index contributed by atoms with van der Waals surface area (Å²) < 4.78 is 0. The van der Waals surface area contributed by atoms with Crippen LogP contribution in [0.1, 0.15) is 72.1 Å². The molecular weight excluding hydrogens is 300 g/mol. The molecule has 24 heavy (non-hydrogen) atoms. The summed E-state index contributed by atoms with van der Waals surface area (Å²) in [5.41, 5.74) is 0.489. The topological polar surface area (TPSA) is 57.5 Å². The standard InChI is InChI=1S/C21H32O3/c1-13(22)21(24)11-8-18-16-5-4-14-12-15(23)6-9-19(14,2)17(16)7-10-20(18,21)3/h12-13,16-18,22,24H,4-11H2,1-3H3/t13-,16-,17+,18+,19+,20-,21+/m1/s1. The molecule has 0 aliphatic heterocycles. The summed E-state index contributed by atoms with van der Waals surface area (Å²) in [5, 5.41) is 21.5. The number of ketones is 1. The van der Waals surface area contributed by atoms with E-state index in [0.717, 1.165) is 44.9 Å². The molecule has 0 heterocycles. The number of carbonyl (C=O) groups is 1. The number of rotatable bonds is 1. The highest BCUT2D eigenvalue weighted by Gasteiger charge is 2.65. The summed E-state index contributed by atoms with van der Waals surface area (Å²) in [6.45, 7) is 6.38. The molecule has 2 N–H and O–H groups in total. The van der Waals surface area contributed by atoms with Gasteiger partial charge < -0.3 is 10.2 Å². The molecule has 0 radical (unpaired) electrons. The predicted octanol–water partition coefficient (Wildman–Crippen LogP) is 3.63. The minimum absolute atomic E-state index is 0.162. The second-order valence-corrected chi connectivity index (χ2v) is 9.56. The largest absolute Gasteiger partial charge is 0.390 e. The summed E-state index contributed by atoms with van der Waals surface area (Å²) in [4.78, 5) is 11.9. The fourth-order valence-corrected chi connectivity index (χ4v) is 7.30. The van der Waals surface area contributed by atoms with E-state index in [9.17, 15) is 15.0 Å². The van der Waals surface area contributed by atoms with Gasteiger partial charge in [0.1, 0.15) is 0 Å². The number of fused-ring (bicyclic) bond motifs is 5. The van der Waals surface area contributed by atoms with Crippen molar-refractivity contribution in [1.82, 2.24) is 0 Å². The van der Waals surface area contributed by atoms with E-state index in [1.54, 1.807) is 6.92 Å². The Balaban J connectivity index is 1.69. The maximum absolute atomic E-state index is 11.9. The number of hydrogen-bond acceptors (Lipinski definition) is 3. The van der Waals surface area contributed by atoms with Gasteiger partial charge in [0.05, 0.1) is 11.7 Å². The fourth-order valence-electron chi connectivity index (χ4n) is 7.30. The van der Waals surface area contributed by atoms with Crippen LogP contribution in [0.15, 0.2) is 11.6 Å². The number of hydrogen-bond donors (Lipinski definition) is 2. The fraction of sp³-hybridized carbons (Fsp3) is 0.857. The van der Waals surface area contributed by atoms with Crippen LogP contribution < -0.4 is 0 Å². The van der Waals surface area contributed by atoms with Gasteiger partial charge in [-0.2, -0.15) is 0 Å². The number of allylic oxidation sites excluding steroid dienone is 1. The second kappa shape index (κ2) is 5.17. The average molecular weight is 332 g/mol. The molecule has 0 unspecified atom stereocenters. The molecular formula is C21H32O3. The number of aliphatic hydroxyl groups excluding tert-OH is 1. The summed E-state index contributed by atoms with van der Waals surface area (Å²) in [7, 11) is 0. The minimum Gasteiger partial charge on any atom is -0.390 e. The quantitative estimate of drug-likeness (QED) is 0.771. The van der Waals surface area contributed by atoms with Gasteiger partial charge in [0.25, 0.3) is 0 Å². The minimum atomic E-state index is -0.928. The highest BCUT2D eigenvalue weighted by atomic mass is 16.3. The smallest absolute Gasteiger partial charge is 0.155 e. The molecule has 3 saturated carbocycles. The first kappa shape index (κ1) is 16.8. The summed E-state index contributed by atoms with van der Waals surface area (Å²) in [6.07, 6.45) is 9.07. The first-order valence-electron chi connectivity index (χ1n) is 9.87. The van der Waals surface area contributed by atoms with Gasteiger partial charge in [-0.05, 0) is 81.1 Å². The van der Waals surface area contributed by atoms with Crippen molar-refractivity contribution in [2.24, 2.45) is 28.6 Å². The summed E-state index contributed by atoms with van der Waals surface area (Å²) in [6, 6.07) is 0. The first-order chi connectivity index (χ1) is 11.2. The van der Waals surface area contributed by atoms with Crippen molar-refractivity contribution in [3.05, 3.63) is 11.6 Å². The van der Waals surface area contributed by atoms with Crippen molar-refractivity contribution in [3.8, 4) is 0 Å². The Morgan fingerprint density at radius 1 is 1.08 bits per heavy atom. The van der Waals surface area contributed by atoms with E-state index in [2.05, 4.69) is 13.8 Å². The van der Waals surface area contributed by atoms with E-state index in [4.69, 9.17) is 0 Å².